The van der Waals surface area contributed by atoms with Crippen LogP contribution in [0, 0.1) is 0 Å². The maximum atomic E-state index is 13.5. The molecule has 0 spiro atoms. The van der Waals surface area contributed by atoms with Crippen LogP contribution < -0.4 is 5.32 Å². The van der Waals surface area contributed by atoms with Crippen molar-refractivity contribution >= 4 is 39.1 Å². The highest BCUT2D eigenvalue weighted by Crippen LogP contribution is 2.37. The van der Waals surface area contributed by atoms with Crippen molar-refractivity contribution in [2.24, 2.45) is 0 Å². The molecule has 0 bridgehead atoms. The second kappa shape index (κ2) is 9.29. The number of nitrogens with one attached hydrogen (secondary N) is 1. The molecule has 2 aromatic heterocycles. The van der Waals surface area contributed by atoms with Gasteiger partial charge < -0.3 is 10.1 Å². The Kier molecular flexibility index (Phi) is 5.89. The number of pyridine rings is 1. The summed E-state index contributed by atoms with van der Waals surface area (Å²) >= 11 is 1.30. The summed E-state index contributed by atoms with van der Waals surface area (Å²) in [6.45, 7) is 0. The first-order chi connectivity index (χ1) is 16.7. The third-order valence-electron chi connectivity index (χ3n) is 5.52. The molecular weight excluding hydrogens is 444 g/mol. The zero-order valence-corrected chi connectivity index (χ0v) is 19.1. The predicted molar refractivity (Wildman–Crippen MR) is 136 cm³/mol. The number of benzene rings is 3. The lowest BCUT2D eigenvalue weighted by Gasteiger charge is -2.11. The maximum Gasteiger partial charge on any atom is 0.341 e. The summed E-state index contributed by atoms with van der Waals surface area (Å²) in [5, 5.41) is 5.99. The number of esters is 1. The summed E-state index contributed by atoms with van der Waals surface area (Å²) in [6, 6.07) is 28.6. The second-order valence-corrected chi connectivity index (χ2v) is 8.48. The van der Waals surface area contributed by atoms with E-state index >= 15 is 0 Å². The van der Waals surface area contributed by atoms with Crippen LogP contribution in [0.4, 0.5) is 5.00 Å². The molecule has 0 fully saturated rings. The number of fused-ring (bicyclic) bond motifs is 1. The van der Waals surface area contributed by atoms with Crippen LogP contribution in [0.5, 0.6) is 0 Å². The molecule has 1 amide bonds. The number of thiophene rings is 1. The quantitative estimate of drug-likeness (QED) is 0.295. The number of methoxy groups -OCH3 is 1. The fraction of sp³-hybridized carbons (Fsp3) is 0.0357. The number of anilines is 1. The fourth-order valence-corrected chi connectivity index (χ4v) is 4.83. The van der Waals surface area contributed by atoms with E-state index < -0.39 is 5.97 Å². The van der Waals surface area contributed by atoms with Gasteiger partial charge in [0.1, 0.15) is 10.6 Å². The Hall–Kier alpha value is -4.29. The Morgan fingerprint density at radius 3 is 2.21 bits per heavy atom. The van der Waals surface area contributed by atoms with E-state index in [4.69, 9.17) is 9.72 Å². The van der Waals surface area contributed by atoms with E-state index in [1.165, 1.54) is 18.4 Å². The summed E-state index contributed by atoms with van der Waals surface area (Å²) < 4.78 is 5.04. The summed E-state index contributed by atoms with van der Waals surface area (Å²) in [5.41, 5.74) is 4.76. The van der Waals surface area contributed by atoms with Crippen LogP contribution in [0.25, 0.3) is 33.3 Å². The van der Waals surface area contributed by atoms with E-state index in [1.807, 2.05) is 90.3 Å². The lowest BCUT2D eigenvalue weighted by Crippen LogP contribution is -2.15. The third kappa shape index (κ3) is 4.07. The summed E-state index contributed by atoms with van der Waals surface area (Å²) in [5.74, 6) is -0.817. The molecule has 0 aliphatic heterocycles. The molecular formula is C28H20N2O3S. The number of hydrogen-bond donors (Lipinski definition) is 1. The third-order valence-corrected chi connectivity index (χ3v) is 6.42. The lowest BCUT2D eigenvalue weighted by molar-refractivity contribution is 0.0603. The SMILES string of the molecule is COC(=O)c1c(-c2ccccc2)csc1NC(=O)c1cc(-c2ccccc2)nc2ccccc12. The Morgan fingerprint density at radius 2 is 1.50 bits per heavy atom. The smallest absolute Gasteiger partial charge is 0.341 e. The van der Waals surface area contributed by atoms with Gasteiger partial charge in [-0.05, 0) is 17.7 Å². The Morgan fingerprint density at radius 1 is 0.853 bits per heavy atom. The molecule has 5 aromatic rings. The van der Waals surface area contributed by atoms with Gasteiger partial charge in [0.15, 0.2) is 0 Å². The number of para-hydroxylation sites is 1. The van der Waals surface area contributed by atoms with Crippen LogP contribution in [0.15, 0.2) is 96.4 Å². The van der Waals surface area contributed by atoms with Crippen molar-refractivity contribution in [2.75, 3.05) is 12.4 Å². The number of nitrogens with zero attached hydrogens (tertiary/aromatic N) is 1. The number of carbonyl (C=O) groups excluding carboxylic acids is 2. The van der Waals surface area contributed by atoms with Crippen LogP contribution in [0.3, 0.4) is 0 Å². The first kappa shape index (κ1) is 21.6. The standard InChI is InChI=1S/C28H20N2O3S/c1-33-28(32)25-22(18-10-4-2-5-11-18)17-34-27(25)30-26(31)21-16-24(19-12-6-3-7-13-19)29-23-15-9-8-14-20(21)23/h2-17H,1H3,(H,30,31). The largest absolute Gasteiger partial charge is 0.465 e. The Labute approximate surface area is 200 Å². The maximum absolute atomic E-state index is 13.5. The number of hydrogen-bond acceptors (Lipinski definition) is 5. The second-order valence-electron chi connectivity index (χ2n) is 7.60. The molecule has 1 N–H and O–H groups in total. The molecule has 0 saturated carbocycles. The summed E-state index contributed by atoms with van der Waals surface area (Å²) in [4.78, 5) is 31.0. The number of aromatic nitrogens is 1. The van der Waals surface area contributed by atoms with E-state index in [1.54, 1.807) is 6.07 Å². The fourth-order valence-electron chi connectivity index (χ4n) is 3.88. The minimum atomic E-state index is -0.500. The van der Waals surface area contributed by atoms with Crippen molar-refractivity contribution in [1.29, 1.82) is 0 Å². The zero-order chi connectivity index (χ0) is 23.5. The summed E-state index contributed by atoms with van der Waals surface area (Å²) in [7, 11) is 1.34. The van der Waals surface area contributed by atoms with Crippen molar-refractivity contribution in [3.05, 3.63) is 108 Å². The number of rotatable bonds is 5. The number of carbonyl (C=O) groups is 2. The molecule has 166 valence electrons. The van der Waals surface area contributed by atoms with E-state index in [-0.39, 0.29) is 5.91 Å². The normalized spacial score (nSPS) is 10.7. The first-order valence-corrected chi connectivity index (χ1v) is 11.6. The zero-order valence-electron chi connectivity index (χ0n) is 18.3. The van der Waals surface area contributed by atoms with Crippen molar-refractivity contribution < 1.29 is 14.3 Å². The lowest BCUT2D eigenvalue weighted by atomic mass is 10.0. The predicted octanol–water partition coefficient (Wildman–Crippen LogP) is 6.67. The van der Waals surface area contributed by atoms with Crippen LogP contribution in [0.1, 0.15) is 20.7 Å². The van der Waals surface area contributed by atoms with Crippen molar-refractivity contribution in [1.82, 2.24) is 4.98 Å². The minimum absolute atomic E-state index is 0.317. The van der Waals surface area contributed by atoms with Crippen LogP contribution in [-0.4, -0.2) is 24.0 Å². The van der Waals surface area contributed by atoms with E-state index in [0.717, 1.165) is 27.6 Å². The highest BCUT2D eigenvalue weighted by molar-refractivity contribution is 7.15. The van der Waals surface area contributed by atoms with Gasteiger partial charge in [-0.25, -0.2) is 9.78 Å². The minimum Gasteiger partial charge on any atom is -0.465 e. The van der Waals surface area contributed by atoms with Crippen molar-refractivity contribution in [3.63, 3.8) is 0 Å². The van der Waals surface area contributed by atoms with Gasteiger partial charge >= 0.3 is 5.97 Å². The van der Waals surface area contributed by atoms with Crippen LogP contribution in [-0.2, 0) is 4.74 Å². The molecule has 3 aromatic carbocycles. The molecule has 0 aliphatic rings. The van der Waals surface area contributed by atoms with Gasteiger partial charge in [-0.2, -0.15) is 0 Å². The first-order valence-electron chi connectivity index (χ1n) is 10.7. The topological polar surface area (TPSA) is 68.3 Å². The number of ether oxygens (including phenoxy) is 1. The van der Waals surface area contributed by atoms with Crippen LogP contribution >= 0.6 is 11.3 Å². The van der Waals surface area contributed by atoms with Gasteiger partial charge in [0, 0.05) is 21.9 Å². The molecule has 5 nitrogen and oxygen atoms in total. The molecule has 0 unspecified atom stereocenters. The monoisotopic (exact) mass is 464 g/mol. The molecule has 34 heavy (non-hydrogen) atoms. The Balaban J connectivity index is 1.59. The van der Waals surface area contributed by atoms with Gasteiger partial charge in [0.25, 0.3) is 5.91 Å². The van der Waals surface area contributed by atoms with Gasteiger partial charge in [0.05, 0.1) is 23.9 Å². The number of amides is 1. The summed E-state index contributed by atoms with van der Waals surface area (Å²) in [6.07, 6.45) is 0. The molecule has 0 atom stereocenters. The average molecular weight is 465 g/mol. The molecule has 0 radical (unpaired) electrons. The van der Waals surface area contributed by atoms with E-state index in [0.29, 0.717) is 21.8 Å². The molecule has 5 rings (SSSR count). The van der Waals surface area contributed by atoms with E-state index in [9.17, 15) is 9.59 Å². The van der Waals surface area contributed by atoms with Gasteiger partial charge in [0.2, 0.25) is 0 Å². The highest BCUT2D eigenvalue weighted by atomic mass is 32.1. The van der Waals surface area contributed by atoms with E-state index in [2.05, 4.69) is 5.32 Å². The van der Waals surface area contributed by atoms with Gasteiger partial charge in [-0.3, -0.25) is 4.79 Å². The highest BCUT2D eigenvalue weighted by Gasteiger charge is 2.23. The van der Waals surface area contributed by atoms with Gasteiger partial charge in [-0.15, -0.1) is 11.3 Å². The molecule has 6 heteroatoms. The Bertz CT molecular complexity index is 1490. The van der Waals surface area contributed by atoms with Crippen molar-refractivity contribution in [2.45, 2.75) is 0 Å². The molecule has 0 saturated heterocycles. The van der Waals surface area contributed by atoms with Crippen molar-refractivity contribution in [3.8, 4) is 22.4 Å². The molecule has 2 heterocycles. The molecule has 0 aliphatic carbocycles. The average Bonchev–Trinajstić information content (AvgIpc) is 3.32. The van der Waals surface area contributed by atoms with Gasteiger partial charge in [-0.1, -0.05) is 78.9 Å². The van der Waals surface area contributed by atoms with Crippen LogP contribution in [0.2, 0.25) is 0 Å².